The number of rotatable bonds is 4. The highest BCUT2D eigenvalue weighted by Crippen LogP contribution is 2.26. The molecule has 0 aliphatic heterocycles. The summed E-state index contributed by atoms with van der Waals surface area (Å²) in [5, 5.41) is 13.8. The number of benzene rings is 1. The summed E-state index contributed by atoms with van der Waals surface area (Å²) >= 11 is 7.67. The minimum absolute atomic E-state index is 0.520. The molecule has 0 saturated heterocycles. The zero-order valence-corrected chi connectivity index (χ0v) is 11.1. The fraction of sp³-hybridized carbons (Fsp3) is 0.308. The van der Waals surface area contributed by atoms with Gasteiger partial charge in [0.25, 0.3) is 0 Å². The number of aliphatic hydroxyl groups is 1. The van der Waals surface area contributed by atoms with Crippen molar-refractivity contribution in [1.29, 1.82) is 0 Å². The molecule has 0 aliphatic rings. The molecule has 0 aliphatic carbocycles. The van der Waals surface area contributed by atoms with Gasteiger partial charge < -0.3 is 5.11 Å². The van der Waals surface area contributed by atoms with E-state index in [4.69, 9.17) is 11.6 Å². The summed E-state index contributed by atoms with van der Waals surface area (Å²) in [6, 6.07) is 7.41. The predicted molar refractivity (Wildman–Crippen MR) is 71.6 cm³/mol. The first kappa shape index (κ1) is 12.6. The van der Waals surface area contributed by atoms with E-state index >= 15 is 0 Å². The second kappa shape index (κ2) is 5.63. The molecule has 0 saturated carbocycles. The van der Waals surface area contributed by atoms with Crippen molar-refractivity contribution >= 4 is 22.9 Å². The maximum Gasteiger partial charge on any atom is 0.0929 e. The Kier molecular flexibility index (Phi) is 4.15. The minimum Gasteiger partial charge on any atom is -0.388 e. The first-order valence-electron chi connectivity index (χ1n) is 5.50. The van der Waals surface area contributed by atoms with E-state index in [-0.39, 0.29) is 0 Å². The third-order valence-corrected chi connectivity index (χ3v) is 3.93. The van der Waals surface area contributed by atoms with Crippen LogP contribution in [-0.2, 0) is 6.42 Å². The lowest BCUT2D eigenvalue weighted by molar-refractivity contribution is 0.168. The van der Waals surface area contributed by atoms with Crippen LogP contribution in [0.2, 0.25) is 5.02 Å². The van der Waals surface area contributed by atoms with Gasteiger partial charge >= 0.3 is 0 Å². The molecule has 1 unspecified atom stereocenters. The first-order valence-corrected chi connectivity index (χ1v) is 6.76. The molecule has 4 heteroatoms. The Labute approximate surface area is 110 Å². The van der Waals surface area contributed by atoms with Crippen LogP contribution in [0, 0.1) is 6.92 Å². The van der Waals surface area contributed by atoms with Crippen molar-refractivity contribution in [1.82, 2.24) is 4.98 Å². The Morgan fingerprint density at radius 2 is 2.18 bits per heavy atom. The van der Waals surface area contributed by atoms with Gasteiger partial charge in [-0.05, 0) is 25.0 Å². The highest BCUT2D eigenvalue weighted by molar-refractivity contribution is 7.09. The molecule has 2 nitrogen and oxygen atoms in total. The van der Waals surface area contributed by atoms with Gasteiger partial charge in [-0.3, -0.25) is 0 Å². The average Bonchev–Trinajstić information content (AvgIpc) is 2.73. The molecule has 0 amide bonds. The van der Waals surface area contributed by atoms with Crippen LogP contribution in [0.25, 0.3) is 0 Å². The number of aromatic nitrogens is 1. The number of thiazole rings is 1. The topological polar surface area (TPSA) is 33.1 Å². The van der Waals surface area contributed by atoms with Crippen molar-refractivity contribution in [2.24, 2.45) is 0 Å². The van der Waals surface area contributed by atoms with Gasteiger partial charge in [-0.25, -0.2) is 4.98 Å². The number of halogens is 1. The number of aryl methyl sites for hydroxylation is 2. The Morgan fingerprint density at radius 3 is 2.82 bits per heavy atom. The standard InChI is InChI=1S/C13H14ClNOS/c1-9-8-17-13(15-9)7-6-12(16)10-4-2-3-5-11(10)14/h2-5,8,12,16H,6-7H2,1H3. The van der Waals surface area contributed by atoms with E-state index in [2.05, 4.69) is 4.98 Å². The number of hydrogen-bond acceptors (Lipinski definition) is 3. The van der Waals surface area contributed by atoms with E-state index < -0.39 is 6.10 Å². The molecule has 1 aromatic heterocycles. The molecule has 2 rings (SSSR count). The summed E-state index contributed by atoms with van der Waals surface area (Å²) in [6.45, 7) is 1.98. The Balaban J connectivity index is 1.98. The maximum absolute atomic E-state index is 10.1. The molecular weight excluding hydrogens is 254 g/mol. The van der Waals surface area contributed by atoms with Crippen LogP contribution in [0.3, 0.4) is 0 Å². The normalized spacial score (nSPS) is 12.6. The summed E-state index contributed by atoms with van der Waals surface area (Å²) in [7, 11) is 0. The third kappa shape index (κ3) is 3.28. The lowest BCUT2D eigenvalue weighted by atomic mass is 10.1. The van der Waals surface area contributed by atoms with Crippen LogP contribution >= 0.6 is 22.9 Å². The van der Waals surface area contributed by atoms with E-state index in [9.17, 15) is 5.11 Å². The molecule has 0 radical (unpaired) electrons. The quantitative estimate of drug-likeness (QED) is 0.915. The van der Waals surface area contributed by atoms with E-state index in [0.717, 1.165) is 22.7 Å². The lowest BCUT2D eigenvalue weighted by Gasteiger charge is -2.11. The van der Waals surface area contributed by atoms with Crippen molar-refractivity contribution in [2.75, 3.05) is 0 Å². The van der Waals surface area contributed by atoms with Crippen LogP contribution in [-0.4, -0.2) is 10.1 Å². The van der Waals surface area contributed by atoms with E-state index in [1.54, 1.807) is 17.4 Å². The van der Waals surface area contributed by atoms with Crippen LogP contribution in [0.15, 0.2) is 29.6 Å². The zero-order valence-electron chi connectivity index (χ0n) is 9.56. The molecule has 1 N–H and O–H groups in total. The second-order valence-electron chi connectivity index (χ2n) is 3.96. The molecule has 0 bridgehead atoms. The fourth-order valence-electron chi connectivity index (χ4n) is 1.68. The van der Waals surface area contributed by atoms with Gasteiger partial charge in [0, 0.05) is 22.5 Å². The zero-order chi connectivity index (χ0) is 12.3. The summed E-state index contributed by atoms with van der Waals surface area (Å²) < 4.78 is 0. The van der Waals surface area contributed by atoms with Gasteiger partial charge in [0.1, 0.15) is 0 Å². The van der Waals surface area contributed by atoms with Crippen LogP contribution in [0.4, 0.5) is 0 Å². The van der Waals surface area contributed by atoms with Crippen molar-refractivity contribution < 1.29 is 5.11 Å². The van der Waals surface area contributed by atoms with E-state index in [1.807, 2.05) is 30.5 Å². The molecule has 1 heterocycles. The van der Waals surface area contributed by atoms with Gasteiger partial charge in [-0.15, -0.1) is 11.3 Å². The number of nitrogens with zero attached hydrogens (tertiary/aromatic N) is 1. The van der Waals surface area contributed by atoms with Gasteiger partial charge in [0.15, 0.2) is 0 Å². The molecule has 2 aromatic rings. The largest absolute Gasteiger partial charge is 0.388 e. The fourth-order valence-corrected chi connectivity index (χ4v) is 2.73. The molecule has 1 aromatic carbocycles. The molecule has 90 valence electrons. The molecule has 17 heavy (non-hydrogen) atoms. The van der Waals surface area contributed by atoms with E-state index in [0.29, 0.717) is 11.4 Å². The van der Waals surface area contributed by atoms with Gasteiger partial charge in [0.05, 0.1) is 11.1 Å². The van der Waals surface area contributed by atoms with Gasteiger partial charge in [0.2, 0.25) is 0 Å². The van der Waals surface area contributed by atoms with Crippen LogP contribution in [0.5, 0.6) is 0 Å². The van der Waals surface area contributed by atoms with Crippen LogP contribution < -0.4 is 0 Å². The van der Waals surface area contributed by atoms with Crippen molar-refractivity contribution in [2.45, 2.75) is 25.9 Å². The molecule has 0 fully saturated rings. The first-order chi connectivity index (χ1) is 8.16. The Morgan fingerprint density at radius 1 is 1.41 bits per heavy atom. The molecular formula is C13H14ClNOS. The highest BCUT2D eigenvalue weighted by atomic mass is 35.5. The maximum atomic E-state index is 10.1. The second-order valence-corrected chi connectivity index (χ2v) is 5.31. The van der Waals surface area contributed by atoms with Crippen molar-refractivity contribution in [3.63, 3.8) is 0 Å². The number of aliphatic hydroxyl groups excluding tert-OH is 1. The summed E-state index contributed by atoms with van der Waals surface area (Å²) in [4.78, 5) is 4.37. The van der Waals surface area contributed by atoms with Crippen molar-refractivity contribution in [3.05, 3.63) is 50.9 Å². The monoisotopic (exact) mass is 267 g/mol. The number of hydrogen-bond donors (Lipinski definition) is 1. The Hall–Kier alpha value is -0.900. The van der Waals surface area contributed by atoms with E-state index in [1.165, 1.54) is 0 Å². The Bertz CT molecular complexity index is 498. The predicted octanol–water partition coefficient (Wildman–Crippen LogP) is 3.77. The molecule has 1 atom stereocenters. The average molecular weight is 268 g/mol. The molecule has 0 spiro atoms. The highest BCUT2D eigenvalue weighted by Gasteiger charge is 2.11. The van der Waals surface area contributed by atoms with Gasteiger partial charge in [-0.1, -0.05) is 29.8 Å². The SMILES string of the molecule is Cc1csc(CCC(O)c2ccccc2Cl)n1. The smallest absolute Gasteiger partial charge is 0.0929 e. The lowest BCUT2D eigenvalue weighted by Crippen LogP contribution is -2.00. The van der Waals surface area contributed by atoms with Crippen LogP contribution in [0.1, 0.15) is 28.8 Å². The third-order valence-electron chi connectivity index (χ3n) is 2.56. The van der Waals surface area contributed by atoms with Gasteiger partial charge in [-0.2, -0.15) is 0 Å². The minimum atomic E-state index is -0.520. The summed E-state index contributed by atoms with van der Waals surface area (Å²) in [5.41, 5.74) is 1.83. The summed E-state index contributed by atoms with van der Waals surface area (Å²) in [6.07, 6.45) is 0.912. The summed E-state index contributed by atoms with van der Waals surface area (Å²) in [5.74, 6) is 0. The van der Waals surface area contributed by atoms with Crippen molar-refractivity contribution in [3.8, 4) is 0 Å².